The van der Waals surface area contributed by atoms with Crippen molar-refractivity contribution >= 4 is 17.7 Å². The first-order chi connectivity index (χ1) is 9.79. The highest BCUT2D eigenvalue weighted by molar-refractivity contribution is 7.99. The molecule has 1 unspecified atom stereocenters. The quantitative estimate of drug-likeness (QED) is 0.780. The molecule has 0 N–H and O–H groups in total. The Bertz CT molecular complexity index is 527. The fourth-order valence-corrected chi connectivity index (χ4v) is 3.70. The summed E-state index contributed by atoms with van der Waals surface area (Å²) in [5, 5.41) is -0.0986. The maximum atomic E-state index is 13.9. The van der Waals surface area contributed by atoms with Gasteiger partial charge in [0.15, 0.2) is 0 Å². The second kappa shape index (κ2) is 6.34. The van der Waals surface area contributed by atoms with E-state index in [1.165, 1.54) is 12.1 Å². The van der Waals surface area contributed by atoms with Crippen molar-refractivity contribution in [2.75, 3.05) is 18.8 Å². The van der Waals surface area contributed by atoms with Gasteiger partial charge in [-0.3, -0.25) is 4.79 Å². The van der Waals surface area contributed by atoms with E-state index >= 15 is 0 Å². The van der Waals surface area contributed by atoms with Gasteiger partial charge in [-0.2, -0.15) is 11.8 Å². The van der Waals surface area contributed by atoms with E-state index in [1.54, 1.807) is 11.8 Å². The summed E-state index contributed by atoms with van der Waals surface area (Å²) in [6.45, 7) is 6.95. The Balaban J connectivity index is 2.11. The molecular weight excluding hydrogens is 292 g/mol. The van der Waals surface area contributed by atoms with Gasteiger partial charge < -0.3 is 4.90 Å². The molecular formula is C16H21F2NOS. The molecule has 0 bridgehead atoms. The van der Waals surface area contributed by atoms with Crippen LogP contribution in [0.4, 0.5) is 8.78 Å². The predicted octanol–water partition coefficient (Wildman–Crippen LogP) is 4.02. The highest BCUT2D eigenvalue weighted by Gasteiger charge is 2.30. The lowest BCUT2D eigenvalue weighted by atomic mass is 9.94. The molecule has 0 spiro atoms. The van der Waals surface area contributed by atoms with Crippen molar-refractivity contribution in [1.82, 2.24) is 4.90 Å². The lowest BCUT2D eigenvalue weighted by Crippen LogP contribution is -2.40. The summed E-state index contributed by atoms with van der Waals surface area (Å²) < 4.78 is 27.2. The summed E-state index contributed by atoms with van der Waals surface area (Å²) >= 11 is 1.59. The van der Waals surface area contributed by atoms with Crippen LogP contribution in [0.25, 0.3) is 0 Å². The van der Waals surface area contributed by atoms with Crippen LogP contribution in [0.3, 0.4) is 0 Å². The Morgan fingerprint density at radius 2 is 2.00 bits per heavy atom. The molecule has 0 saturated carbocycles. The van der Waals surface area contributed by atoms with Gasteiger partial charge in [-0.1, -0.05) is 20.8 Å². The Labute approximate surface area is 128 Å². The Hall–Kier alpha value is -1.10. The van der Waals surface area contributed by atoms with E-state index in [0.717, 1.165) is 11.8 Å². The zero-order chi connectivity index (χ0) is 15.6. The van der Waals surface area contributed by atoms with Gasteiger partial charge in [-0.05, 0) is 24.6 Å². The molecule has 1 aromatic rings. The number of nitrogens with zero attached hydrogens (tertiary/aromatic N) is 1. The second-order valence-electron chi connectivity index (χ2n) is 6.36. The van der Waals surface area contributed by atoms with Crippen molar-refractivity contribution in [3.8, 4) is 0 Å². The number of benzene rings is 1. The normalized spacial score (nSPS) is 20.2. The van der Waals surface area contributed by atoms with E-state index in [9.17, 15) is 13.6 Å². The first kappa shape index (κ1) is 16.3. The summed E-state index contributed by atoms with van der Waals surface area (Å²) in [6.07, 6.45) is 0.646. The molecule has 1 heterocycles. The third-order valence-electron chi connectivity index (χ3n) is 3.58. The van der Waals surface area contributed by atoms with Crippen molar-refractivity contribution < 1.29 is 13.6 Å². The first-order valence-electron chi connectivity index (χ1n) is 7.15. The van der Waals surface area contributed by atoms with E-state index in [2.05, 4.69) is 0 Å². The fraction of sp³-hybridized carbons (Fsp3) is 0.562. The van der Waals surface area contributed by atoms with E-state index in [1.807, 2.05) is 25.7 Å². The lowest BCUT2D eigenvalue weighted by Gasteiger charge is -2.28. The Morgan fingerprint density at radius 1 is 1.29 bits per heavy atom. The van der Waals surface area contributed by atoms with Gasteiger partial charge in [0.2, 0.25) is 5.91 Å². The number of halogens is 2. The monoisotopic (exact) mass is 313 g/mol. The largest absolute Gasteiger partial charge is 0.341 e. The number of carbonyl (C=O) groups is 1. The van der Waals surface area contributed by atoms with Crippen LogP contribution in [-0.2, 0) is 4.79 Å². The van der Waals surface area contributed by atoms with Gasteiger partial charge in [0.1, 0.15) is 11.6 Å². The minimum absolute atomic E-state index is 0.0986. The summed E-state index contributed by atoms with van der Waals surface area (Å²) in [4.78, 5) is 14.2. The molecule has 1 aliphatic rings. The molecule has 116 valence electrons. The number of hydrogen-bond donors (Lipinski definition) is 0. The number of thioether (sulfide) groups is 1. The molecule has 1 amide bonds. The molecule has 2 rings (SSSR count). The van der Waals surface area contributed by atoms with E-state index < -0.39 is 11.2 Å². The summed E-state index contributed by atoms with van der Waals surface area (Å²) in [7, 11) is 0. The number of rotatable bonds is 1. The van der Waals surface area contributed by atoms with Crippen LogP contribution in [0.15, 0.2) is 18.2 Å². The summed E-state index contributed by atoms with van der Waals surface area (Å²) in [5.41, 5.74) is -0.000666. The molecule has 0 radical (unpaired) electrons. The molecule has 0 aliphatic carbocycles. The van der Waals surface area contributed by atoms with Crippen molar-refractivity contribution in [3.63, 3.8) is 0 Å². The van der Waals surface area contributed by atoms with Gasteiger partial charge in [0.25, 0.3) is 0 Å². The van der Waals surface area contributed by atoms with Crippen LogP contribution in [0, 0.1) is 17.0 Å². The molecule has 1 aliphatic heterocycles. The van der Waals surface area contributed by atoms with Crippen molar-refractivity contribution in [3.05, 3.63) is 35.4 Å². The van der Waals surface area contributed by atoms with Crippen molar-refractivity contribution in [2.45, 2.75) is 32.4 Å². The standard InChI is InChI=1S/C16H21F2NOS/c1-16(2,3)15(20)19-7-6-14(21-9-8-19)12-10-11(17)4-5-13(12)18/h4-5,10,14H,6-9H2,1-3H3. The van der Waals surface area contributed by atoms with E-state index in [0.29, 0.717) is 25.1 Å². The molecule has 5 heteroatoms. The first-order valence-corrected chi connectivity index (χ1v) is 8.20. The topological polar surface area (TPSA) is 20.3 Å². The second-order valence-corrected chi connectivity index (χ2v) is 7.67. The average Bonchev–Trinajstić information content (AvgIpc) is 2.65. The van der Waals surface area contributed by atoms with Gasteiger partial charge in [0, 0.05) is 35.1 Å². The Morgan fingerprint density at radius 3 is 2.67 bits per heavy atom. The molecule has 21 heavy (non-hydrogen) atoms. The molecule has 1 atom stereocenters. The van der Waals surface area contributed by atoms with E-state index in [-0.39, 0.29) is 17.0 Å². The third-order valence-corrected chi connectivity index (χ3v) is 4.89. The molecule has 1 fully saturated rings. The molecule has 2 nitrogen and oxygen atoms in total. The third kappa shape index (κ3) is 3.96. The average molecular weight is 313 g/mol. The van der Waals surface area contributed by atoms with Crippen molar-refractivity contribution in [2.24, 2.45) is 5.41 Å². The van der Waals surface area contributed by atoms with Crippen molar-refractivity contribution in [1.29, 1.82) is 0 Å². The van der Waals surface area contributed by atoms with Crippen LogP contribution in [0.1, 0.15) is 38.0 Å². The van der Waals surface area contributed by atoms with Crippen LogP contribution < -0.4 is 0 Å². The highest BCUT2D eigenvalue weighted by atomic mass is 32.2. The number of carbonyl (C=O) groups excluding carboxylic acids is 1. The number of hydrogen-bond acceptors (Lipinski definition) is 2. The minimum atomic E-state index is -0.418. The van der Waals surface area contributed by atoms with Gasteiger partial charge >= 0.3 is 0 Å². The zero-order valence-electron chi connectivity index (χ0n) is 12.7. The Kier molecular flexibility index (Phi) is 4.91. The molecule has 0 aromatic heterocycles. The van der Waals surface area contributed by atoms with Crippen LogP contribution in [0.2, 0.25) is 0 Å². The van der Waals surface area contributed by atoms with Gasteiger partial charge in [0.05, 0.1) is 0 Å². The highest BCUT2D eigenvalue weighted by Crippen LogP contribution is 2.36. The van der Waals surface area contributed by atoms with Crippen LogP contribution in [-0.4, -0.2) is 29.6 Å². The van der Waals surface area contributed by atoms with Crippen LogP contribution in [0.5, 0.6) is 0 Å². The van der Waals surface area contributed by atoms with Gasteiger partial charge in [-0.25, -0.2) is 8.78 Å². The smallest absolute Gasteiger partial charge is 0.227 e. The number of amides is 1. The molecule has 1 saturated heterocycles. The SMILES string of the molecule is CC(C)(C)C(=O)N1CCSC(c2cc(F)ccc2F)CC1. The van der Waals surface area contributed by atoms with Gasteiger partial charge in [-0.15, -0.1) is 0 Å². The predicted molar refractivity (Wildman–Crippen MR) is 82.2 cm³/mol. The van der Waals surface area contributed by atoms with Crippen LogP contribution >= 0.6 is 11.8 Å². The summed E-state index contributed by atoms with van der Waals surface area (Å²) in [6, 6.07) is 3.58. The lowest BCUT2D eigenvalue weighted by molar-refractivity contribution is -0.139. The zero-order valence-corrected chi connectivity index (χ0v) is 13.5. The minimum Gasteiger partial charge on any atom is -0.341 e. The maximum absolute atomic E-state index is 13.9. The fourth-order valence-electron chi connectivity index (χ4n) is 2.46. The molecule has 1 aromatic carbocycles. The van der Waals surface area contributed by atoms with E-state index in [4.69, 9.17) is 0 Å². The maximum Gasteiger partial charge on any atom is 0.227 e. The summed E-state index contributed by atoms with van der Waals surface area (Å²) in [5.74, 6) is 0.0643.